The molecule has 0 radical (unpaired) electrons. The highest BCUT2D eigenvalue weighted by molar-refractivity contribution is 7.81. The van der Waals surface area contributed by atoms with Gasteiger partial charge in [-0.2, -0.15) is 0 Å². The average molecular weight is 679 g/mol. The monoisotopic (exact) mass is 678 g/mol. The van der Waals surface area contributed by atoms with Crippen LogP contribution in [0.3, 0.4) is 0 Å². The van der Waals surface area contributed by atoms with Gasteiger partial charge >= 0.3 is 0 Å². The molecule has 0 bridgehead atoms. The van der Waals surface area contributed by atoms with Crippen LogP contribution in [0.25, 0.3) is 65.3 Å². The van der Waals surface area contributed by atoms with Gasteiger partial charge in [0.25, 0.3) is 0 Å². The number of fused-ring (bicyclic) bond motifs is 6. The molecule has 0 N–H and O–H groups in total. The summed E-state index contributed by atoms with van der Waals surface area (Å²) >= 11 is 0. The van der Waals surface area contributed by atoms with Gasteiger partial charge in [-0.25, -0.2) is 16.8 Å². The number of hydrogen-bond donors (Lipinski definition) is 0. The van der Waals surface area contributed by atoms with E-state index in [0.29, 0.717) is 66.4 Å². The first-order valence-electron chi connectivity index (χ1n) is 14.8. The van der Waals surface area contributed by atoms with Gasteiger partial charge in [0, 0.05) is 21.5 Å². The van der Waals surface area contributed by atoms with Crippen LogP contribution < -0.4 is 9.47 Å². The Morgan fingerprint density at radius 3 is 1.25 bits per heavy atom. The molecular formula is C36H22O10S2-2. The van der Waals surface area contributed by atoms with Gasteiger partial charge in [-0.1, -0.05) is 72.8 Å². The van der Waals surface area contributed by atoms with Gasteiger partial charge in [-0.05, 0) is 78.2 Å². The van der Waals surface area contributed by atoms with E-state index in [1.165, 1.54) is 0 Å². The highest BCUT2D eigenvalue weighted by Gasteiger charge is 2.36. The first kappa shape index (κ1) is 29.3. The third-order valence-electron chi connectivity index (χ3n) is 9.60. The lowest BCUT2D eigenvalue weighted by Gasteiger charge is -2.33. The number of ether oxygens (including phenoxy) is 2. The Morgan fingerprint density at radius 1 is 0.479 bits per heavy atom. The molecule has 2 unspecified atom stereocenters. The van der Waals surface area contributed by atoms with E-state index >= 15 is 0 Å². The molecule has 0 aliphatic heterocycles. The van der Waals surface area contributed by atoms with Gasteiger partial charge in [0.1, 0.15) is 23.7 Å². The topological polar surface area (TPSA) is 151 Å². The summed E-state index contributed by atoms with van der Waals surface area (Å²) in [5.41, 5.74) is 5.00. The summed E-state index contributed by atoms with van der Waals surface area (Å²) < 4.78 is 94.8. The summed E-state index contributed by atoms with van der Waals surface area (Å²) in [5, 5.41) is 5.79. The standard InChI is InChI=1S/C36H24O10S2/c1-43-27-15-25-17-7-3-5-9-21(17)35(45-47(37,38)39)23-13-11-19-20-12-14-24-30-26(18-8-4-6-10-22(18)36(24)46-48(40,41)42)16-28(44-2)34(32(20)30)33(27)31(19)29(23)25/h3-16,35-36H,1-2H3,(H,37,38,39)(H,40,41,42)/p-2. The average Bonchev–Trinajstić information content (AvgIpc) is 3.06. The minimum absolute atomic E-state index is 0.502. The van der Waals surface area contributed by atoms with Gasteiger partial charge in [-0.15, -0.1) is 0 Å². The molecule has 0 saturated carbocycles. The third kappa shape index (κ3) is 3.98. The molecule has 0 saturated heterocycles. The van der Waals surface area contributed by atoms with E-state index in [9.17, 15) is 25.9 Å². The van der Waals surface area contributed by atoms with Crippen LogP contribution in [0.4, 0.5) is 0 Å². The van der Waals surface area contributed by atoms with Crippen molar-refractivity contribution < 1.29 is 43.8 Å². The Kier molecular flexibility index (Phi) is 6.02. The van der Waals surface area contributed by atoms with Gasteiger partial charge in [0.2, 0.25) is 20.8 Å². The summed E-state index contributed by atoms with van der Waals surface area (Å²) in [7, 11) is -7.08. The number of methoxy groups -OCH3 is 2. The van der Waals surface area contributed by atoms with Crippen molar-refractivity contribution in [3.8, 4) is 33.8 Å². The second-order valence-corrected chi connectivity index (χ2v) is 13.9. The maximum Gasteiger partial charge on any atom is 0.218 e. The third-order valence-corrected chi connectivity index (χ3v) is 10.5. The Morgan fingerprint density at radius 2 is 0.875 bits per heavy atom. The fourth-order valence-electron chi connectivity index (χ4n) is 7.98. The second kappa shape index (κ2) is 9.86. The van der Waals surface area contributed by atoms with Crippen LogP contribution in [0.2, 0.25) is 0 Å². The van der Waals surface area contributed by atoms with Crippen molar-refractivity contribution in [3.05, 3.63) is 107 Å². The van der Waals surface area contributed by atoms with Crippen molar-refractivity contribution in [2.45, 2.75) is 12.2 Å². The number of rotatable bonds is 6. The van der Waals surface area contributed by atoms with Crippen molar-refractivity contribution in [3.63, 3.8) is 0 Å². The number of benzene rings is 7. The van der Waals surface area contributed by atoms with Crippen molar-refractivity contribution in [2.75, 3.05) is 14.2 Å². The van der Waals surface area contributed by atoms with E-state index < -0.39 is 33.0 Å². The van der Waals surface area contributed by atoms with Crippen molar-refractivity contribution in [1.82, 2.24) is 0 Å². The van der Waals surface area contributed by atoms with Crippen LogP contribution in [-0.4, -0.2) is 40.2 Å². The highest BCUT2D eigenvalue weighted by Crippen LogP contribution is 2.58. The molecule has 0 fully saturated rings. The van der Waals surface area contributed by atoms with Crippen LogP contribution in [0, 0.1) is 0 Å². The molecule has 48 heavy (non-hydrogen) atoms. The van der Waals surface area contributed by atoms with Crippen molar-refractivity contribution in [2.24, 2.45) is 0 Å². The minimum Gasteiger partial charge on any atom is -0.725 e. The molecule has 2 atom stereocenters. The summed E-state index contributed by atoms with van der Waals surface area (Å²) in [5.74, 6) is 1.02. The predicted octanol–water partition coefficient (Wildman–Crippen LogP) is 6.85. The molecule has 7 aromatic carbocycles. The van der Waals surface area contributed by atoms with E-state index in [0.717, 1.165) is 32.7 Å². The largest absolute Gasteiger partial charge is 0.725 e. The highest BCUT2D eigenvalue weighted by atomic mass is 32.3. The molecule has 0 aromatic heterocycles. The van der Waals surface area contributed by atoms with Gasteiger partial charge < -0.3 is 18.6 Å². The molecule has 0 amide bonds. The zero-order valence-corrected chi connectivity index (χ0v) is 26.8. The summed E-state index contributed by atoms with van der Waals surface area (Å²) in [6.45, 7) is 0. The van der Waals surface area contributed by atoms with E-state index in [1.54, 1.807) is 50.6 Å². The Hall–Kier alpha value is -4.82. The van der Waals surface area contributed by atoms with Gasteiger partial charge in [0.15, 0.2) is 0 Å². The molecule has 0 heterocycles. The molecule has 2 aliphatic rings. The lowest BCUT2D eigenvalue weighted by atomic mass is 9.75. The zero-order chi connectivity index (χ0) is 33.3. The fraction of sp³-hybridized carbons (Fsp3) is 0.111. The maximum atomic E-state index is 12.0. The first-order valence-corrected chi connectivity index (χ1v) is 17.5. The minimum atomic E-state index is -5.10. The van der Waals surface area contributed by atoms with Crippen LogP contribution in [0.15, 0.2) is 84.9 Å². The van der Waals surface area contributed by atoms with Gasteiger partial charge in [-0.3, -0.25) is 8.37 Å². The Balaban J connectivity index is 1.51. The fourth-order valence-corrected chi connectivity index (χ4v) is 8.87. The van der Waals surface area contributed by atoms with Gasteiger partial charge in [0.05, 0.1) is 14.2 Å². The maximum absolute atomic E-state index is 12.0. The van der Waals surface area contributed by atoms with E-state index in [4.69, 9.17) is 17.8 Å². The van der Waals surface area contributed by atoms with Crippen LogP contribution in [0.5, 0.6) is 11.5 Å². The number of hydrogen-bond acceptors (Lipinski definition) is 10. The first-order chi connectivity index (χ1) is 23.0. The molecule has 9 rings (SSSR count). The second-order valence-electron chi connectivity index (χ2n) is 11.9. The normalized spacial score (nSPS) is 16.8. The Bertz CT molecular complexity index is 2580. The SMILES string of the molecule is COc1cc2c3c(ccc4c5ccc6c7c(cc(OC)c(c1c34)c75)-c1ccccc1C6OS(=O)(=O)[O-])C(OS(=O)(=O)[O-])c1ccccc1-2. The lowest BCUT2D eigenvalue weighted by molar-refractivity contribution is 0.211. The molecule has 2 aliphatic carbocycles. The molecule has 10 nitrogen and oxygen atoms in total. The van der Waals surface area contributed by atoms with Crippen molar-refractivity contribution >= 4 is 63.9 Å². The van der Waals surface area contributed by atoms with Crippen LogP contribution >= 0.6 is 0 Å². The molecule has 240 valence electrons. The molecular weight excluding hydrogens is 657 g/mol. The summed E-state index contributed by atoms with van der Waals surface area (Å²) in [4.78, 5) is 0. The van der Waals surface area contributed by atoms with Crippen LogP contribution in [-0.2, 0) is 29.2 Å². The quantitative estimate of drug-likeness (QED) is 0.0791. The Labute approximate surface area is 274 Å². The van der Waals surface area contributed by atoms with Crippen molar-refractivity contribution in [1.29, 1.82) is 0 Å². The molecule has 0 spiro atoms. The van der Waals surface area contributed by atoms with Crippen LogP contribution in [0.1, 0.15) is 34.5 Å². The summed E-state index contributed by atoms with van der Waals surface area (Å²) in [6.07, 6.45) is -2.37. The molecule has 12 heteroatoms. The van der Waals surface area contributed by atoms with E-state index in [-0.39, 0.29) is 0 Å². The van der Waals surface area contributed by atoms with E-state index in [1.807, 2.05) is 48.5 Å². The van der Waals surface area contributed by atoms with E-state index in [2.05, 4.69) is 0 Å². The smallest absolute Gasteiger partial charge is 0.218 e. The summed E-state index contributed by atoms with van der Waals surface area (Å²) in [6, 6.07) is 25.4. The zero-order valence-electron chi connectivity index (χ0n) is 25.1. The lowest BCUT2D eigenvalue weighted by Crippen LogP contribution is -2.17. The molecule has 7 aromatic rings. The predicted molar refractivity (Wildman–Crippen MR) is 177 cm³/mol.